The van der Waals surface area contributed by atoms with Crippen molar-refractivity contribution in [2.75, 3.05) is 0 Å². The molecule has 0 aliphatic carbocycles. The van der Waals surface area contributed by atoms with Gasteiger partial charge in [-0.15, -0.1) is 0 Å². The molecule has 0 aliphatic rings. The average Bonchev–Trinajstić information content (AvgIpc) is 0. The zero-order valence-electron chi connectivity index (χ0n) is 20.0. The molecule has 0 aromatic heterocycles. The van der Waals surface area contributed by atoms with Gasteiger partial charge in [-0.05, 0) is 0 Å². The van der Waals surface area contributed by atoms with Crippen molar-refractivity contribution in [3.63, 3.8) is 0 Å². The van der Waals surface area contributed by atoms with Gasteiger partial charge in [0.05, 0.1) is 0 Å². The number of hydrogen-bond acceptors (Lipinski definition) is 0. The zero-order valence-corrected chi connectivity index (χ0v) is 21.1. The molecule has 0 unspecified atom stereocenters. The van der Waals surface area contributed by atoms with Crippen LogP contribution in [0.4, 0.5) is 0 Å². The van der Waals surface area contributed by atoms with Crippen molar-refractivity contribution in [2.24, 2.45) is 0 Å². The van der Waals surface area contributed by atoms with Gasteiger partial charge in [0, 0.05) is 0 Å². The van der Waals surface area contributed by atoms with Crippen LogP contribution in [0.5, 0.6) is 0 Å². The van der Waals surface area contributed by atoms with E-state index in [-0.39, 0.29) is 274 Å². The summed E-state index contributed by atoms with van der Waals surface area (Å²) in [5.74, 6) is 0. The molecule has 0 heterocycles. The summed E-state index contributed by atoms with van der Waals surface area (Å²) in [6.45, 7) is 0. The molecular weight excluding hydrogens is 408 g/mol. The van der Waals surface area contributed by atoms with Gasteiger partial charge in [-0.3, -0.25) is 0 Å². The Labute approximate surface area is 268 Å². The minimum absolute atomic E-state index is 0. The molecule has 0 aromatic rings. The first kappa shape index (κ1) is 369. The molecule has 0 radical (unpaired) electrons. The summed E-state index contributed by atoms with van der Waals surface area (Å²) in [5.41, 5.74) is 0. The van der Waals surface area contributed by atoms with Gasteiger partial charge in [0.1, 0.15) is 0 Å². The second kappa shape index (κ2) is 324. The van der Waals surface area contributed by atoms with E-state index in [9.17, 15) is 0 Å². The second-order valence-corrected chi connectivity index (χ2v) is 0. The van der Waals surface area contributed by atoms with E-state index in [0.29, 0.717) is 0 Å². The Kier molecular flexibility index (Phi) is 6640. The van der Waals surface area contributed by atoms with Gasteiger partial charge in [-0.2, -0.15) is 0 Å². The third-order valence-corrected chi connectivity index (χ3v) is 0. The molecule has 26 N–H and O–H groups in total. The summed E-state index contributed by atoms with van der Waals surface area (Å²) < 4.78 is 0. The Balaban J connectivity index is 0. The predicted molar refractivity (Wildman–Crippen MR) is 86.9 cm³/mol. The van der Waals surface area contributed by atoms with Gasteiger partial charge >= 0.3 is 189 Å². The van der Waals surface area contributed by atoms with Crippen LogP contribution in [0.1, 0.15) is 14.3 Å². The molecule has 0 spiro atoms. The quantitative estimate of drug-likeness (QED) is 0.314. The minimum Gasteiger partial charge on any atom is -1.00 e. The molecule has 18 heteroatoms. The normalized spacial score (nSPS) is 0. The van der Waals surface area contributed by atoms with Gasteiger partial charge in [-0.1, -0.05) is 0 Å². The first-order valence-electron chi connectivity index (χ1n) is 0. The Hall–Kier alpha value is 5.78. The van der Waals surface area contributed by atoms with E-state index in [4.69, 9.17) is 0 Å². The van der Waals surface area contributed by atoms with E-state index in [0.717, 1.165) is 0 Å². The summed E-state index contributed by atoms with van der Waals surface area (Å²) >= 11 is 0. The van der Waals surface area contributed by atoms with Gasteiger partial charge in [-0.25, -0.2) is 0 Å². The summed E-state index contributed by atoms with van der Waals surface area (Å²) in [6.07, 6.45) is 0. The van der Waals surface area contributed by atoms with Gasteiger partial charge in [0.15, 0.2) is 0 Å². The molecule has 0 rings (SSSR count). The van der Waals surface area contributed by atoms with Crippen molar-refractivity contribution in [3.05, 3.63) is 0 Å². The first-order valence-corrected chi connectivity index (χ1v) is 0. The Morgan fingerprint density at radius 1 is 0.167 bits per heavy atom. The molecule has 124 valence electrons. The van der Waals surface area contributed by atoms with Crippen molar-refractivity contribution >= 4 is 189 Å². The smallest absolute Gasteiger partial charge is 1.00 e. The molecule has 18 heavy (non-hydrogen) atoms. The number of hydrogen-bond donors (Lipinski definition) is 0. The van der Waals surface area contributed by atoms with Crippen molar-refractivity contribution in [1.82, 2.24) is 0 Å². The van der Waals surface area contributed by atoms with Crippen LogP contribution in [0.3, 0.4) is 0 Å². The van der Waals surface area contributed by atoms with Crippen molar-refractivity contribution < 1.29 is 85.5 Å². The van der Waals surface area contributed by atoms with Gasteiger partial charge in [0.2, 0.25) is 0 Å². The third-order valence-electron chi connectivity index (χ3n) is 0. The van der Waals surface area contributed by atoms with Crippen LogP contribution in [-0.4, -0.2) is 260 Å². The molecule has 0 fully saturated rings. The summed E-state index contributed by atoms with van der Waals surface area (Å²) in [6, 6.07) is 0. The van der Waals surface area contributed by atoms with Crippen LogP contribution < -0.4 is 0 Å². The van der Waals surface area contributed by atoms with Crippen molar-refractivity contribution in [1.29, 1.82) is 0 Å². The van der Waals surface area contributed by atoms with Crippen LogP contribution in [0.25, 0.3) is 0 Å². The number of rotatable bonds is 0. The summed E-state index contributed by atoms with van der Waals surface area (Å²) in [7, 11) is 0. The van der Waals surface area contributed by atoms with Crippen LogP contribution in [0.15, 0.2) is 0 Å². The fourth-order valence-electron chi connectivity index (χ4n) is 0. The largest absolute Gasteiger partial charge is 2.00 e. The van der Waals surface area contributed by atoms with Gasteiger partial charge in [0.25, 0.3) is 0 Å². The van der Waals surface area contributed by atoms with Crippen LogP contribution in [0.2, 0.25) is 0 Å². The van der Waals surface area contributed by atoms with E-state index >= 15 is 0 Å². The molecular formula is H36Ca5O13. The van der Waals surface area contributed by atoms with Gasteiger partial charge < -0.3 is 85.5 Å². The third kappa shape index (κ3) is 282. The summed E-state index contributed by atoms with van der Waals surface area (Å²) in [4.78, 5) is 0. The first-order chi connectivity index (χ1) is 0. The molecule has 0 atom stereocenters. The Morgan fingerprint density at radius 2 is 0.167 bits per heavy atom. The fourth-order valence-corrected chi connectivity index (χ4v) is 0. The SMILES string of the molecule is O.O.O.O.O.O.O.O.O.O.O.O.O.[Ca+2].[Ca+2].[Ca+2].[Ca+2].[Ca+2].[H-].[H-].[H-].[H-].[H-].[H-].[H-].[H-].[H-].[H-]. The Bertz CT molecular complexity index is 41.7. The molecule has 0 saturated carbocycles. The molecule has 0 aliphatic heterocycles. The average molecular weight is 445 g/mol. The zero-order chi connectivity index (χ0) is 0. The second-order valence-electron chi connectivity index (χ2n) is 0. The van der Waals surface area contributed by atoms with Crippen LogP contribution in [0, 0.1) is 0 Å². The Morgan fingerprint density at radius 3 is 0.167 bits per heavy atom. The summed E-state index contributed by atoms with van der Waals surface area (Å²) in [5, 5.41) is 0. The van der Waals surface area contributed by atoms with Crippen molar-refractivity contribution in [3.8, 4) is 0 Å². The maximum Gasteiger partial charge on any atom is 2.00 e. The maximum absolute atomic E-state index is 0. The van der Waals surface area contributed by atoms with E-state index in [2.05, 4.69) is 0 Å². The standard InChI is InChI=1S/5Ca.13H2O.10H/h;;;;;13*1H2;;;;;;;;;;/q5*+2;;;;;;;;;;;;;;10*-1. The molecule has 0 aromatic carbocycles. The van der Waals surface area contributed by atoms with E-state index in [1.165, 1.54) is 0 Å². The molecule has 0 amide bonds. The topological polar surface area (TPSA) is 410 Å². The van der Waals surface area contributed by atoms with E-state index in [1.807, 2.05) is 0 Å². The van der Waals surface area contributed by atoms with Crippen LogP contribution in [-0.2, 0) is 0 Å². The molecule has 0 saturated heterocycles. The predicted octanol–water partition coefficient (Wildman–Crippen LogP) is -11.5. The molecule has 0 bridgehead atoms. The van der Waals surface area contributed by atoms with E-state index < -0.39 is 0 Å². The molecule has 13 nitrogen and oxygen atoms in total. The fraction of sp³-hybridized carbons (Fsp3) is 0. The van der Waals surface area contributed by atoms with Crippen LogP contribution >= 0.6 is 0 Å². The monoisotopic (exact) mass is 444 g/mol. The minimum atomic E-state index is 0. The van der Waals surface area contributed by atoms with E-state index in [1.54, 1.807) is 0 Å². The van der Waals surface area contributed by atoms with Crippen molar-refractivity contribution in [2.45, 2.75) is 0 Å². The maximum atomic E-state index is 0.